The molecule has 1 aromatic carbocycles. The number of amides is 1. The molecule has 3 aromatic rings. The maximum atomic E-state index is 12.3. The van der Waals surface area contributed by atoms with Gasteiger partial charge in [0, 0.05) is 37.1 Å². The molecule has 0 spiro atoms. The molecule has 2 aromatic heterocycles. The number of benzene rings is 1. The summed E-state index contributed by atoms with van der Waals surface area (Å²) in [5, 5.41) is 7.27. The van der Waals surface area contributed by atoms with Crippen LogP contribution in [0, 0.1) is 0 Å². The number of aromatic nitrogens is 4. The molecule has 2 heterocycles. The van der Waals surface area contributed by atoms with Crippen molar-refractivity contribution in [1.82, 2.24) is 24.6 Å². The molecule has 0 saturated heterocycles. The molecule has 0 radical (unpaired) electrons. The van der Waals surface area contributed by atoms with Crippen molar-refractivity contribution in [2.75, 3.05) is 6.54 Å². The van der Waals surface area contributed by atoms with Gasteiger partial charge in [0.25, 0.3) is 11.5 Å². The third-order valence-electron chi connectivity index (χ3n) is 4.77. The fourth-order valence-corrected chi connectivity index (χ4v) is 3.33. The predicted octanol–water partition coefficient (Wildman–Crippen LogP) is 1.41. The lowest BCUT2D eigenvalue weighted by Crippen LogP contribution is -2.32. The highest BCUT2D eigenvalue weighted by atomic mass is 16.1. The summed E-state index contributed by atoms with van der Waals surface area (Å²) in [5.74, 6) is -0.154. The van der Waals surface area contributed by atoms with Crippen molar-refractivity contribution in [3.8, 4) is 0 Å². The molecular formula is C20H21N5O2. The summed E-state index contributed by atoms with van der Waals surface area (Å²) in [6.45, 7) is 1.45. The number of hydrogen-bond donors (Lipinski definition) is 1. The Kier molecular flexibility index (Phi) is 4.82. The summed E-state index contributed by atoms with van der Waals surface area (Å²) in [5.41, 5.74) is 3.66. The van der Waals surface area contributed by atoms with Crippen molar-refractivity contribution in [3.05, 3.63) is 81.8 Å². The molecule has 0 fully saturated rings. The standard InChI is InChI=1S/C20H21N5O2/c26-19-12-17-2-1-3-18(17)23-25(19)11-9-22-20(27)16-6-4-15(5-7-16)13-24-10-8-21-14-24/h4-8,10,12,14H,1-3,9,11,13H2,(H,22,27). The number of nitrogens with zero attached hydrogens (tertiary/aromatic N) is 4. The molecule has 7 nitrogen and oxygen atoms in total. The van der Waals surface area contributed by atoms with E-state index in [1.54, 1.807) is 30.7 Å². The third-order valence-corrected chi connectivity index (χ3v) is 4.77. The summed E-state index contributed by atoms with van der Waals surface area (Å²) in [7, 11) is 0. The summed E-state index contributed by atoms with van der Waals surface area (Å²) in [4.78, 5) is 28.4. The number of hydrogen-bond acceptors (Lipinski definition) is 4. The van der Waals surface area contributed by atoms with E-state index in [2.05, 4.69) is 15.4 Å². The van der Waals surface area contributed by atoms with E-state index in [1.807, 2.05) is 22.9 Å². The molecule has 0 aliphatic heterocycles. The Bertz CT molecular complexity index is 990. The second-order valence-electron chi connectivity index (χ2n) is 6.72. The predicted molar refractivity (Wildman–Crippen MR) is 101 cm³/mol. The molecule has 138 valence electrons. The van der Waals surface area contributed by atoms with Crippen molar-refractivity contribution in [1.29, 1.82) is 0 Å². The fraction of sp³-hybridized carbons (Fsp3) is 0.300. The molecule has 1 amide bonds. The van der Waals surface area contributed by atoms with Gasteiger partial charge in [0.05, 0.1) is 18.6 Å². The van der Waals surface area contributed by atoms with Crippen LogP contribution in [0.4, 0.5) is 0 Å². The topological polar surface area (TPSA) is 81.8 Å². The van der Waals surface area contributed by atoms with Gasteiger partial charge in [-0.25, -0.2) is 9.67 Å². The number of carbonyl (C=O) groups is 1. The molecule has 0 saturated carbocycles. The number of fused-ring (bicyclic) bond motifs is 1. The van der Waals surface area contributed by atoms with Crippen LogP contribution in [0.1, 0.15) is 33.6 Å². The van der Waals surface area contributed by atoms with E-state index in [-0.39, 0.29) is 11.5 Å². The first-order valence-corrected chi connectivity index (χ1v) is 9.12. The summed E-state index contributed by atoms with van der Waals surface area (Å²) >= 11 is 0. The van der Waals surface area contributed by atoms with Gasteiger partial charge >= 0.3 is 0 Å². The summed E-state index contributed by atoms with van der Waals surface area (Å²) < 4.78 is 3.41. The van der Waals surface area contributed by atoms with Crippen molar-refractivity contribution < 1.29 is 4.79 Å². The van der Waals surface area contributed by atoms with Gasteiger partial charge in [0.2, 0.25) is 0 Å². The first kappa shape index (κ1) is 17.2. The maximum Gasteiger partial charge on any atom is 0.267 e. The molecule has 1 N–H and O–H groups in total. The number of imidazole rings is 1. The molecular weight excluding hydrogens is 342 g/mol. The number of rotatable bonds is 6. The molecule has 0 bridgehead atoms. The molecule has 27 heavy (non-hydrogen) atoms. The third kappa shape index (κ3) is 3.97. The lowest BCUT2D eigenvalue weighted by molar-refractivity contribution is 0.0951. The average molecular weight is 363 g/mol. The minimum absolute atomic E-state index is 0.103. The van der Waals surface area contributed by atoms with Crippen LogP contribution in [-0.4, -0.2) is 31.8 Å². The van der Waals surface area contributed by atoms with Gasteiger partial charge in [-0.2, -0.15) is 5.10 Å². The van der Waals surface area contributed by atoms with E-state index < -0.39 is 0 Å². The second-order valence-corrected chi connectivity index (χ2v) is 6.72. The van der Waals surface area contributed by atoms with Crippen molar-refractivity contribution >= 4 is 5.91 Å². The minimum atomic E-state index is -0.154. The smallest absolute Gasteiger partial charge is 0.267 e. The van der Waals surface area contributed by atoms with Crippen LogP contribution in [0.25, 0.3) is 0 Å². The second kappa shape index (κ2) is 7.57. The largest absolute Gasteiger partial charge is 0.350 e. The van der Waals surface area contributed by atoms with Crippen molar-refractivity contribution in [2.45, 2.75) is 32.4 Å². The Morgan fingerprint density at radius 2 is 2.04 bits per heavy atom. The monoisotopic (exact) mass is 363 g/mol. The minimum Gasteiger partial charge on any atom is -0.350 e. The lowest BCUT2D eigenvalue weighted by Gasteiger charge is -2.09. The Labute approximate surface area is 156 Å². The summed E-state index contributed by atoms with van der Waals surface area (Å²) in [6.07, 6.45) is 8.31. The molecule has 7 heteroatoms. The highest BCUT2D eigenvalue weighted by molar-refractivity contribution is 5.94. The maximum absolute atomic E-state index is 12.3. The van der Waals surface area contributed by atoms with Crippen molar-refractivity contribution in [2.24, 2.45) is 0 Å². The van der Waals surface area contributed by atoms with Crippen LogP contribution < -0.4 is 10.9 Å². The normalized spacial score (nSPS) is 12.7. The molecule has 4 rings (SSSR count). The number of aryl methyl sites for hydroxylation is 2. The van der Waals surface area contributed by atoms with E-state index in [4.69, 9.17) is 0 Å². The van der Waals surface area contributed by atoms with E-state index in [1.165, 1.54) is 4.68 Å². The van der Waals surface area contributed by atoms with Gasteiger partial charge in [-0.3, -0.25) is 9.59 Å². The summed E-state index contributed by atoms with van der Waals surface area (Å²) in [6, 6.07) is 9.15. The van der Waals surface area contributed by atoms with Gasteiger partial charge in [-0.05, 0) is 42.5 Å². The molecule has 0 unspecified atom stereocenters. The van der Waals surface area contributed by atoms with Crippen LogP contribution in [-0.2, 0) is 25.9 Å². The average Bonchev–Trinajstić information content (AvgIpc) is 3.34. The van der Waals surface area contributed by atoms with E-state index >= 15 is 0 Å². The van der Waals surface area contributed by atoms with Crippen LogP contribution in [0.5, 0.6) is 0 Å². The Morgan fingerprint density at radius 1 is 1.19 bits per heavy atom. The Morgan fingerprint density at radius 3 is 2.81 bits per heavy atom. The Hall–Kier alpha value is -3.22. The van der Waals surface area contributed by atoms with E-state index in [9.17, 15) is 9.59 Å². The van der Waals surface area contributed by atoms with Crippen LogP contribution in [0.2, 0.25) is 0 Å². The van der Waals surface area contributed by atoms with Gasteiger partial charge in [0.1, 0.15) is 0 Å². The van der Waals surface area contributed by atoms with E-state index in [0.717, 1.165) is 42.6 Å². The number of carbonyl (C=O) groups excluding carboxylic acids is 1. The van der Waals surface area contributed by atoms with Crippen LogP contribution in [0.3, 0.4) is 0 Å². The highest BCUT2D eigenvalue weighted by Crippen LogP contribution is 2.16. The fourth-order valence-electron chi connectivity index (χ4n) is 3.33. The zero-order valence-corrected chi connectivity index (χ0v) is 15.0. The van der Waals surface area contributed by atoms with Gasteiger partial charge in [0.15, 0.2) is 0 Å². The van der Waals surface area contributed by atoms with Gasteiger partial charge < -0.3 is 9.88 Å². The van der Waals surface area contributed by atoms with Crippen molar-refractivity contribution in [3.63, 3.8) is 0 Å². The lowest BCUT2D eigenvalue weighted by atomic mass is 10.1. The molecule has 1 aliphatic carbocycles. The van der Waals surface area contributed by atoms with Gasteiger partial charge in [-0.1, -0.05) is 12.1 Å². The zero-order chi connectivity index (χ0) is 18.6. The van der Waals surface area contributed by atoms with Crippen LogP contribution in [0.15, 0.2) is 53.8 Å². The first-order valence-electron chi connectivity index (χ1n) is 9.12. The first-order chi connectivity index (χ1) is 13.2. The Balaban J connectivity index is 1.32. The van der Waals surface area contributed by atoms with E-state index in [0.29, 0.717) is 18.7 Å². The van der Waals surface area contributed by atoms with Gasteiger partial charge in [-0.15, -0.1) is 0 Å². The quantitative estimate of drug-likeness (QED) is 0.718. The number of nitrogens with one attached hydrogen (secondary N) is 1. The zero-order valence-electron chi connectivity index (χ0n) is 15.0. The van der Waals surface area contributed by atoms with Crippen LogP contribution >= 0.6 is 0 Å². The SMILES string of the molecule is O=C(NCCn1nc2c(cc1=O)CCC2)c1ccc(Cn2ccnc2)cc1. The molecule has 1 aliphatic rings. The highest BCUT2D eigenvalue weighted by Gasteiger charge is 2.14. The molecule has 0 atom stereocenters.